The Balaban J connectivity index is 2.16. The van der Waals surface area contributed by atoms with Gasteiger partial charge in [0.15, 0.2) is 0 Å². The zero-order valence-electron chi connectivity index (χ0n) is 11.0. The molecule has 4 nitrogen and oxygen atoms in total. The van der Waals surface area contributed by atoms with Gasteiger partial charge < -0.3 is 9.52 Å². The van der Waals surface area contributed by atoms with Crippen LogP contribution in [0.2, 0.25) is 0 Å². The van der Waals surface area contributed by atoms with E-state index in [-0.39, 0.29) is 6.04 Å². The minimum Gasteiger partial charge on any atom is -0.480 e. The fourth-order valence-corrected chi connectivity index (χ4v) is 1.97. The summed E-state index contributed by atoms with van der Waals surface area (Å²) >= 11 is 0. The molecule has 0 fully saturated rings. The summed E-state index contributed by atoms with van der Waals surface area (Å²) < 4.78 is 5.51. The predicted octanol–water partition coefficient (Wildman–Crippen LogP) is 3.06. The Hall–Kier alpha value is -2.07. The molecule has 0 aliphatic heterocycles. The molecule has 2 N–H and O–H groups in total. The number of hydrogen-bond acceptors (Lipinski definition) is 3. The minimum absolute atomic E-state index is 0.171. The Kier molecular flexibility index (Phi) is 4.02. The van der Waals surface area contributed by atoms with Gasteiger partial charge in [-0.2, -0.15) is 0 Å². The monoisotopic (exact) mass is 259 g/mol. The minimum atomic E-state index is -0.902. The average molecular weight is 259 g/mol. The van der Waals surface area contributed by atoms with E-state index in [1.165, 1.54) is 0 Å². The number of carboxylic acid groups (broad SMARTS) is 1. The first-order chi connectivity index (χ1) is 9.08. The fourth-order valence-electron chi connectivity index (χ4n) is 1.97. The highest BCUT2D eigenvalue weighted by Crippen LogP contribution is 2.21. The molecule has 2 aromatic rings. The van der Waals surface area contributed by atoms with Gasteiger partial charge in [0.1, 0.15) is 17.6 Å². The van der Waals surface area contributed by atoms with Crippen molar-refractivity contribution in [1.29, 1.82) is 0 Å². The highest BCUT2D eigenvalue weighted by Gasteiger charge is 2.23. The van der Waals surface area contributed by atoms with Crippen molar-refractivity contribution in [3.05, 3.63) is 59.5 Å². The SMILES string of the molecule is Cc1ccc(C(C)NC(C(=O)O)c2ccccc2)o1. The summed E-state index contributed by atoms with van der Waals surface area (Å²) in [6.45, 7) is 3.75. The fraction of sp³-hybridized carbons (Fsp3) is 0.267. The van der Waals surface area contributed by atoms with Crippen molar-refractivity contribution in [1.82, 2.24) is 5.32 Å². The van der Waals surface area contributed by atoms with E-state index in [2.05, 4.69) is 5.32 Å². The van der Waals surface area contributed by atoms with E-state index in [1.807, 2.05) is 44.2 Å². The molecule has 100 valence electrons. The van der Waals surface area contributed by atoms with Crippen molar-refractivity contribution in [3.8, 4) is 0 Å². The van der Waals surface area contributed by atoms with E-state index in [0.717, 1.165) is 17.1 Å². The van der Waals surface area contributed by atoms with Gasteiger partial charge in [0.25, 0.3) is 0 Å². The van der Waals surface area contributed by atoms with Crippen LogP contribution in [0.5, 0.6) is 0 Å². The van der Waals surface area contributed by atoms with Crippen LogP contribution in [-0.2, 0) is 4.79 Å². The molecule has 0 saturated carbocycles. The second-order valence-electron chi connectivity index (χ2n) is 4.52. The van der Waals surface area contributed by atoms with E-state index >= 15 is 0 Å². The highest BCUT2D eigenvalue weighted by molar-refractivity contribution is 5.75. The van der Waals surface area contributed by atoms with E-state index < -0.39 is 12.0 Å². The average Bonchev–Trinajstić information content (AvgIpc) is 2.83. The molecule has 1 heterocycles. The highest BCUT2D eigenvalue weighted by atomic mass is 16.4. The zero-order valence-corrected chi connectivity index (χ0v) is 11.0. The van der Waals surface area contributed by atoms with Gasteiger partial charge in [0, 0.05) is 0 Å². The van der Waals surface area contributed by atoms with E-state index in [1.54, 1.807) is 12.1 Å². The molecule has 0 amide bonds. The lowest BCUT2D eigenvalue weighted by molar-refractivity contribution is -0.139. The molecule has 19 heavy (non-hydrogen) atoms. The van der Waals surface area contributed by atoms with Crippen LogP contribution in [0.3, 0.4) is 0 Å². The first-order valence-corrected chi connectivity index (χ1v) is 6.18. The number of carbonyl (C=O) groups is 1. The lowest BCUT2D eigenvalue weighted by Gasteiger charge is -2.19. The molecule has 1 aromatic carbocycles. The number of aryl methyl sites for hydroxylation is 1. The summed E-state index contributed by atoms with van der Waals surface area (Å²) in [6.07, 6.45) is 0. The van der Waals surface area contributed by atoms with Crippen molar-refractivity contribution < 1.29 is 14.3 Å². The second-order valence-corrected chi connectivity index (χ2v) is 4.52. The molecule has 0 spiro atoms. The first-order valence-electron chi connectivity index (χ1n) is 6.18. The molecular weight excluding hydrogens is 242 g/mol. The number of aliphatic carboxylic acids is 1. The van der Waals surface area contributed by atoms with Crippen LogP contribution >= 0.6 is 0 Å². The number of hydrogen-bond donors (Lipinski definition) is 2. The molecule has 0 radical (unpaired) electrons. The third-order valence-electron chi connectivity index (χ3n) is 2.98. The number of nitrogens with one attached hydrogen (secondary N) is 1. The van der Waals surface area contributed by atoms with Crippen molar-refractivity contribution >= 4 is 5.97 Å². The topological polar surface area (TPSA) is 62.5 Å². The summed E-state index contributed by atoms with van der Waals surface area (Å²) in [7, 11) is 0. The van der Waals surface area contributed by atoms with Crippen LogP contribution in [0.25, 0.3) is 0 Å². The van der Waals surface area contributed by atoms with Gasteiger partial charge in [-0.3, -0.25) is 10.1 Å². The second kappa shape index (κ2) is 5.71. The van der Waals surface area contributed by atoms with E-state index in [9.17, 15) is 9.90 Å². The smallest absolute Gasteiger partial charge is 0.325 e. The van der Waals surface area contributed by atoms with Gasteiger partial charge >= 0.3 is 5.97 Å². The first kappa shape index (κ1) is 13.4. The van der Waals surface area contributed by atoms with Crippen LogP contribution < -0.4 is 5.32 Å². The summed E-state index contributed by atoms with van der Waals surface area (Å²) in [5.74, 6) is 0.649. The van der Waals surface area contributed by atoms with Gasteiger partial charge in [-0.05, 0) is 31.5 Å². The van der Waals surface area contributed by atoms with Gasteiger partial charge in [0.05, 0.1) is 6.04 Å². The van der Waals surface area contributed by atoms with Gasteiger partial charge in [-0.25, -0.2) is 0 Å². The molecular formula is C15H17NO3. The summed E-state index contributed by atoms with van der Waals surface area (Å²) in [6, 6.07) is 11.9. The Bertz CT molecular complexity index is 548. The Labute approximate surface area is 112 Å². The molecule has 2 unspecified atom stereocenters. The van der Waals surface area contributed by atoms with Crippen LogP contribution in [0.1, 0.15) is 36.1 Å². The zero-order chi connectivity index (χ0) is 13.8. The van der Waals surface area contributed by atoms with Crippen LogP contribution in [-0.4, -0.2) is 11.1 Å². The largest absolute Gasteiger partial charge is 0.480 e. The molecule has 0 bridgehead atoms. The molecule has 2 rings (SSSR count). The molecule has 0 saturated heterocycles. The summed E-state index contributed by atoms with van der Waals surface area (Å²) in [5.41, 5.74) is 0.727. The number of rotatable bonds is 5. The summed E-state index contributed by atoms with van der Waals surface area (Å²) in [5, 5.41) is 12.4. The standard InChI is InChI=1S/C15H17NO3/c1-10-8-9-13(19-10)11(2)16-14(15(17)18)12-6-4-3-5-7-12/h3-9,11,14,16H,1-2H3,(H,17,18). The number of benzene rings is 1. The lowest BCUT2D eigenvalue weighted by Crippen LogP contribution is -2.30. The van der Waals surface area contributed by atoms with Crippen molar-refractivity contribution in [3.63, 3.8) is 0 Å². The Morgan fingerprint density at radius 3 is 2.42 bits per heavy atom. The normalized spacial score (nSPS) is 14.0. The van der Waals surface area contributed by atoms with Gasteiger partial charge in [-0.1, -0.05) is 30.3 Å². The quantitative estimate of drug-likeness (QED) is 0.866. The lowest BCUT2D eigenvalue weighted by atomic mass is 10.1. The van der Waals surface area contributed by atoms with Crippen molar-refractivity contribution in [2.75, 3.05) is 0 Å². The Morgan fingerprint density at radius 2 is 1.89 bits per heavy atom. The van der Waals surface area contributed by atoms with Gasteiger partial charge in [-0.15, -0.1) is 0 Å². The predicted molar refractivity (Wildman–Crippen MR) is 71.8 cm³/mol. The molecule has 4 heteroatoms. The number of furan rings is 1. The van der Waals surface area contributed by atoms with Crippen LogP contribution in [0, 0.1) is 6.92 Å². The van der Waals surface area contributed by atoms with Crippen molar-refractivity contribution in [2.45, 2.75) is 25.9 Å². The maximum absolute atomic E-state index is 11.4. The van der Waals surface area contributed by atoms with Crippen LogP contribution in [0.4, 0.5) is 0 Å². The molecule has 0 aliphatic carbocycles. The third-order valence-corrected chi connectivity index (χ3v) is 2.98. The third kappa shape index (κ3) is 3.23. The maximum atomic E-state index is 11.4. The molecule has 1 aromatic heterocycles. The molecule has 0 aliphatic rings. The Morgan fingerprint density at radius 1 is 1.21 bits per heavy atom. The van der Waals surface area contributed by atoms with Crippen LogP contribution in [0.15, 0.2) is 46.9 Å². The summed E-state index contributed by atoms with van der Waals surface area (Å²) in [4.78, 5) is 11.4. The van der Waals surface area contributed by atoms with E-state index in [0.29, 0.717) is 0 Å². The number of carboxylic acids is 1. The maximum Gasteiger partial charge on any atom is 0.325 e. The van der Waals surface area contributed by atoms with Gasteiger partial charge in [0.2, 0.25) is 0 Å². The molecule has 2 atom stereocenters. The van der Waals surface area contributed by atoms with E-state index in [4.69, 9.17) is 4.42 Å². The van der Waals surface area contributed by atoms with Crippen molar-refractivity contribution in [2.24, 2.45) is 0 Å².